The molecule has 2 aromatic heterocycles. The quantitative estimate of drug-likeness (QED) is 0.132. The first-order chi connectivity index (χ1) is 24.1. The molecule has 16 heteroatoms. The third kappa shape index (κ3) is 8.16. The molecule has 0 radical (unpaired) electrons. The number of carbonyl (C=O) groups excluding carboxylic acids is 1. The fourth-order valence-electron chi connectivity index (χ4n) is 5.88. The highest BCUT2D eigenvalue weighted by molar-refractivity contribution is 5.95. The minimum absolute atomic E-state index is 0.0111. The van der Waals surface area contributed by atoms with Crippen molar-refractivity contribution in [2.45, 2.75) is 50.9 Å². The number of phenols is 2. The van der Waals surface area contributed by atoms with Crippen molar-refractivity contribution >= 4 is 34.2 Å². The molecule has 3 N–H and O–H groups in total. The Bertz CT molecular complexity index is 2060. The molecule has 2 aromatic carbocycles. The minimum atomic E-state index is -4.52. The number of nitrogens with zero attached hydrogens (tertiary/aromatic N) is 4. The molecule has 0 aliphatic heterocycles. The van der Waals surface area contributed by atoms with Gasteiger partial charge in [0.2, 0.25) is 0 Å². The van der Waals surface area contributed by atoms with E-state index >= 15 is 0 Å². The van der Waals surface area contributed by atoms with Gasteiger partial charge in [-0.25, -0.2) is 19.6 Å². The van der Waals surface area contributed by atoms with E-state index in [1.807, 2.05) is 0 Å². The monoisotopic (exact) mass is 714 g/mol. The molecule has 266 valence electrons. The van der Waals surface area contributed by atoms with Crippen molar-refractivity contribution in [2.75, 3.05) is 7.11 Å². The standard InChI is InChI=1S/C18H15F3N2O3.C17H13F3N2O3/c1-26-17(25)15-9-22-8-14(23-15)12-4-2-3-11(12)13-7-10(18(19,20)21)5-6-16(13)24;18-17(19,20)9-4-5-15(23)12(6-9)10-2-1-3-11(10)13-7-21-8-14(22-13)16(24)25/h5-9,24H,2-4H2,1H3;4-8,23H,1-3H2,(H,24,25). The predicted molar refractivity (Wildman–Crippen MR) is 170 cm³/mol. The van der Waals surface area contributed by atoms with Crippen molar-refractivity contribution in [1.82, 2.24) is 19.9 Å². The second kappa shape index (κ2) is 14.6. The summed E-state index contributed by atoms with van der Waals surface area (Å²) in [6.45, 7) is 0. The van der Waals surface area contributed by atoms with E-state index in [2.05, 4.69) is 24.7 Å². The van der Waals surface area contributed by atoms with E-state index in [4.69, 9.17) is 5.11 Å². The molecule has 0 bridgehead atoms. The van der Waals surface area contributed by atoms with Crippen LogP contribution in [0.1, 0.15) is 93.1 Å². The highest BCUT2D eigenvalue weighted by atomic mass is 19.4. The Morgan fingerprint density at radius 1 is 0.647 bits per heavy atom. The number of hydrogen-bond donors (Lipinski definition) is 3. The Labute approximate surface area is 285 Å². The zero-order valence-electron chi connectivity index (χ0n) is 26.6. The van der Waals surface area contributed by atoms with E-state index in [9.17, 15) is 46.1 Å². The van der Waals surface area contributed by atoms with Gasteiger partial charge in [0.1, 0.15) is 11.5 Å². The van der Waals surface area contributed by atoms with Gasteiger partial charge < -0.3 is 20.1 Å². The van der Waals surface area contributed by atoms with Crippen LogP contribution in [0.4, 0.5) is 26.3 Å². The summed E-state index contributed by atoms with van der Waals surface area (Å²) in [4.78, 5) is 38.7. The number of carbonyl (C=O) groups is 2. The maximum atomic E-state index is 13.0. The topological polar surface area (TPSA) is 156 Å². The summed E-state index contributed by atoms with van der Waals surface area (Å²) in [5.74, 6) is -2.38. The summed E-state index contributed by atoms with van der Waals surface area (Å²) in [7, 11) is 1.22. The number of methoxy groups -OCH3 is 1. The van der Waals surface area contributed by atoms with Crippen molar-refractivity contribution in [2.24, 2.45) is 0 Å². The molecule has 0 unspecified atom stereocenters. The predicted octanol–water partition coefficient (Wildman–Crippen LogP) is 8.08. The minimum Gasteiger partial charge on any atom is -0.507 e. The lowest BCUT2D eigenvalue weighted by Crippen LogP contribution is -2.07. The number of hydrogen-bond acceptors (Lipinski definition) is 9. The van der Waals surface area contributed by atoms with Gasteiger partial charge in [0, 0.05) is 11.1 Å². The first-order valence-electron chi connectivity index (χ1n) is 15.3. The summed E-state index contributed by atoms with van der Waals surface area (Å²) in [6, 6.07) is 5.56. The van der Waals surface area contributed by atoms with Gasteiger partial charge in [0.15, 0.2) is 11.4 Å². The van der Waals surface area contributed by atoms with E-state index < -0.39 is 35.4 Å². The summed E-state index contributed by atoms with van der Waals surface area (Å²) in [5, 5.41) is 29.2. The normalized spacial score (nSPS) is 14.7. The lowest BCUT2D eigenvalue weighted by atomic mass is 9.97. The number of ether oxygens (including phenoxy) is 1. The zero-order valence-corrected chi connectivity index (χ0v) is 26.6. The third-order valence-electron chi connectivity index (χ3n) is 8.23. The highest BCUT2D eigenvalue weighted by Crippen LogP contribution is 2.45. The third-order valence-corrected chi connectivity index (χ3v) is 8.23. The van der Waals surface area contributed by atoms with Crippen LogP contribution in [0.15, 0.2) is 61.2 Å². The fourth-order valence-corrected chi connectivity index (χ4v) is 5.88. The van der Waals surface area contributed by atoms with Crippen LogP contribution in [0, 0.1) is 0 Å². The van der Waals surface area contributed by atoms with Crippen LogP contribution in [0.5, 0.6) is 11.5 Å². The van der Waals surface area contributed by atoms with E-state index in [0.29, 0.717) is 72.2 Å². The average Bonchev–Trinajstić information content (AvgIpc) is 3.79. The summed E-state index contributed by atoms with van der Waals surface area (Å²) in [5.41, 5.74) is 1.33. The fraction of sp³-hybridized carbons (Fsp3) is 0.257. The molecule has 0 spiro atoms. The molecule has 4 aromatic rings. The van der Waals surface area contributed by atoms with Crippen molar-refractivity contribution in [1.29, 1.82) is 0 Å². The lowest BCUT2D eigenvalue weighted by molar-refractivity contribution is -0.138. The summed E-state index contributed by atoms with van der Waals surface area (Å²) in [6.07, 6.45) is -0.462. The maximum absolute atomic E-state index is 13.0. The molecule has 51 heavy (non-hydrogen) atoms. The van der Waals surface area contributed by atoms with Crippen LogP contribution >= 0.6 is 0 Å². The van der Waals surface area contributed by atoms with Gasteiger partial charge in [0.25, 0.3) is 0 Å². The number of halogens is 6. The van der Waals surface area contributed by atoms with Crippen LogP contribution in [0.3, 0.4) is 0 Å². The van der Waals surface area contributed by atoms with Crippen molar-refractivity contribution in [3.8, 4) is 11.5 Å². The number of allylic oxidation sites excluding steroid dienone is 4. The molecule has 2 aliphatic rings. The van der Waals surface area contributed by atoms with Gasteiger partial charge in [-0.3, -0.25) is 9.97 Å². The zero-order chi connectivity index (χ0) is 37.1. The first kappa shape index (κ1) is 36.5. The van der Waals surface area contributed by atoms with Crippen LogP contribution in [-0.4, -0.2) is 54.3 Å². The molecule has 0 fully saturated rings. The van der Waals surface area contributed by atoms with Crippen molar-refractivity contribution in [3.63, 3.8) is 0 Å². The number of aromatic hydroxyl groups is 2. The van der Waals surface area contributed by atoms with Crippen LogP contribution < -0.4 is 0 Å². The number of carboxylic acids is 1. The largest absolute Gasteiger partial charge is 0.507 e. The number of aromatic carboxylic acids is 1. The van der Waals surface area contributed by atoms with E-state index in [-0.39, 0.29) is 34.0 Å². The Kier molecular flexibility index (Phi) is 10.4. The number of carboxylic acid groups (broad SMARTS) is 1. The molecule has 6 rings (SSSR count). The second-order valence-electron chi connectivity index (χ2n) is 11.5. The number of aromatic nitrogens is 4. The molecule has 2 heterocycles. The molecule has 0 saturated heterocycles. The van der Waals surface area contributed by atoms with Gasteiger partial charge >= 0.3 is 24.3 Å². The molecule has 2 aliphatic carbocycles. The summed E-state index contributed by atoms with van der Waals surface area (Å²) >= 11 is 0. The van der Waals surface area contributed by atoms with Crippen molar-refractivity contribution in [3.05, 3.63) is 106 Å². The smallest absolute Gasteiger partial charge is 0.416 e. The van der Waals surface area contributed by atoms with Crippen molar-refractivity contribution < 1.29 is 56.0 Å². The average molecular weight is 715 g/mol. The molecular formula is C35H28F6N4O6. The summed E-state index contributed by atoms with van der Waals surface area (Å²) < 4.78 is 82.6. The highest BCUT2D eigenvalue weighted by Gasteiger charge is 2.33. The van der Waals surface area contributed by atoms with E-state index in [1.165, 1.54) is 25.7 Å². The van der Waals surface area contributed by atoms with Gasteiger partial charge in [-0.1, -0.05) is 0 Å². The number of benzene rings is 2. The van der Waals surface area contributed by atoms with E-state index in [1.54, 1.807) is 0 Å². The first-order valence-corrected chi connectivity index (χ1v) is 15.3. The molecule has 10 nitrogen and oxygen atoms in total. The van der Waals surface area contributed by atoms with Gasteiger partial charge in [-0.2, -0.15) is 26.3 Å². The molecule has 0 atom stereocenters. The van der Waals surface area contributed by atoms with Gasteiger partial charge in [0.05, 0.1) is 54.4 Å². The van der Waals surface area contributed by atoms with Crippen LogP contribution in [0.2, 0.25) is 0 Å². The van der Waals surface area contributed by atoms with Gasteiger partial charge in [-0.05, 0) is 97.2 Å². The Morgan fingerprint density at radius 3 is 1.47 bits per heavy atom. The maximum Gasteiger partial charge on any atom is 0.416 e. The molecular weight excluding hydrogens is 686 g/mol. The Morgan fingerprint density at radius 2 is 1.06 bits per heavy atom. The number of alkyl halides is 6. The SMILES string of the molecule is COC(=O)c1cncc(C2=C(c3cc(C(F)(F)F)ccc3O)CCC2)n1.O=C(O)c1cncc(C2=C(c3cc(C(F)(F)F)ccc3O)CCC2)n1. The number of rotatable bonds is 6. The van der Waals surface area contributed by atoms with E-state index in [0.717, 1.165) is 42.6 Å². The number of phenolic OH excluding ortho intramolecular Hbond substituents is 2. The molecule has 0 amide bonds. The Balaban J connectivity index is 0.000000198. The number of esters is 1. The second-order valence-corrected chi connectivity index (χ2v) is 11.5. The molecule has 0 saturated carbocycles. The van der Waals surface area contributed by atoms with Gasteiger partial charge in [-0.15, -0.1) is 0 Å². The lowest BCUT2D eigenvalue weighted by Gasteiger charge is -2.13. The van der Waals surface area contributed by atoms with Crippen LogP contribution in [-0.2, 0) is 17.1 Å². The Hall–Kier alpha value is -5.80. The van der Waals surface area contributed by atoms with Crippen LogP contribution in [0.25, 0.3) is 22.3 Å².